The number of hydrogen-bond donors (Lipinski definition) is 2. The van der Waals surface area contributed by atoms with Crippen LogP contribution in [0.1, 0.15) is 19.3 Å². The van der Waals surface area contributed by atoms with Crippen LogP contribution < -0.4 is 11.1 Å². The van der Waals surface area contributed by atoms with Crippen molar-refractivity contribution < 1.29 is 0 Å². The molecule has 2 heteroatoms. The van der Waals surface area contributed by atoms with Gasteiger partial charge in [-0.05, 0) is 42.5 Å². The molecule has 0 bridgehead atoms. The molecule has 0 heterocycles. The van der Waals surface area contributed by atoms with Gasteiger partial charge in [-0.3, -0.25) is 0 Å². The second-order valence-electron chi connectivity index (χ2n) is 5.51. The van der Waals surface area contributed by atoms with E-state index in [4.69, 9.17) is 5.73 Å². The molecule has 3 rings (SSSR count). The Morgan fingerprint density at radius 1 is 0.895 bits per heavy atom. The van der Waals surface area contributed by atoms with Crippen molar-refractivity contribution in [1.29, 1.82) is 0 Å². The van der Waals surface area contributed by atoms with Crippen molar-refractivity contribution in [2.45, 2.75) is 24.8 Å². The zero-order valence-electron chi connectivity index (χ0n) is 11.1. The second-order valence-corrected chi connectivity index (χ2v) is 5.51. The van der Waals surface area contributed by atoms with E-state index in [1.54, 1.807) is 0 Å². The molecule has 0 unspecified atom stereocenters. The molecule has 19 heavy (non-hydrogen) atoms. The number of rotatable bonds is 4. The topological polar surface area (TPSA) is 38.0 Å². The molecule has 1 aliphatic rings. The van der Waals surface area contributed by atoms with E-state index in [9.17, 15) is 0 Å². The lowest BCUT2D eigenvalue weighted by atomic mass is 9.78. The van der Waals surface area contributed by atoms with Crippen LogP contribution in [-0.4, -0.2) is 12.1 Å². The first-order chi connectivity index (χ1) is 9.25. The van der Waals surface area contributed by atoms with Crippen LogP contribution >= 0.6 is 0 Å². The molecule has 3 N–H and O–H groups in total. The van der Waals surface area contributed by atoms with Crippen molar-refractivity contribution >= 4 is 5.69 Å². The van der Waals surface area contributed by atoms with E-state index in [1.165, 1.54) is 17.5 Å². The molecule has 1 fully saturated rings. The quantitative estimate of drug-likeness (QED) is 0.871. The van der Waals surface area contributed by atoms with E-state index in [0.717, 1.165) is 25.1 Å². The lowest BCUT2D eigenvalue weighted by Crippen LogP contribution is -2.51. The maximum absolute atomic E-state index is 6.21. The van der Waals surface area contributed by atoms with Crippen LogP contribution in [0, 0.1) is 0 Å². The lowest BCUT2D eigenvalue weighted by molar-refractivity contribution is 0.265. The Morgan fingerprint density at radius 3 is 2.11 bits per heavy atom. The first kappa shape index (κ1) is 12.2. The average molecular weight is 252 g/mol. The van der Waals surface area contributed by atoms with E-state index >= 15 is 0 Å². The molecule has 2 nitrogen and oxygen atoms in total. The molecular weight excluding hydrogens is 232 g/mol. The summed E-state index contributed by atoms with van der Waals surface area (Å²) < 4.78 is 0. The summed E-state index contributed by atoms with van der Waals surface area (Å²) >= 11 is 0. The molecule has 0 aromatic heterocycles. The van der Waals surface area contributed by atoms with Crippen LogP contribution in [0.15, 0.2) is 54.6 Å². The minimum absolute atomic E-state index is 0.0259. The van der Waals surface area contributed by atoms with Crippen LogP contribution in [0.2, 0.25) is 0 Å². The molecule has 0 atom stereocenters. The fourth-order valence-corrected chi connectivity index (χ4v) is 2.50. The monoisotopic (exact) mass is 252 g/mol. The molecule has 0 amide bonds. The maximum atomic E-state index is 6.21. The Hall–Kier alpha value is -1.80. The molecule has 0 spiro atoms. The highest BCUT2D eigenvalue weighted by atomic mass is 14.9. The van der Waals surface area contributed by atoms with E-state index in [1.807, 2.05) is 6.07 Å². The standard InChI is InChI=1S/C17H20N2/c18-17(11-4-12-17)13-19-16-9-7-15(8-10-16)14-5-2-1-3-6-14/h1-3,5-10,19H,4,11-13,18H2. The summed E-state index contributed by atoms with van der Waals surface area (Å²) in [5, 5.41) is 3.44. The molecule has 0 saturated heterocycles. The van der Waals surface area contributed by atoms with Gasteiger partial charge in [-0.25, -0.2) is 0 Å². The highest BCUT2D eigenvalue weighted by Gasteiger charge is 2.31. The van der Waals surface area contributed by atoms with Crippen LogP contribution in [0.25, 0.3) is 11.1 Å². The predicted octanol–water partition coefficient (Wildman–Crippen LogP) is 3.65. The van der Waals surface area contributed by atoms with Crippen LogP contribution in [-0.2, 0) is 0 Å². The molecular formula is C17H20N2. The number of benzene rings is 2. The van der Waals surface area contributed by atoms with Crippen LogP contribution in [0.4, 0.5) is 5.69 Å². The third kappa shape index (κ3) is 2.79. The molecule has 1 saturated carbocycles. The normalized spacial score (nSPS) is 16.7. The van der Waals surface area contributed by atoms with Gasteiger partial charge in [-0.1, -0.05) is 42.5 Å². The van der Waals surface area contributed by atoms with Crippen molar-refractivity contribution in [1.82, 2.24) is 0 Å². The van der Waals surface area contributed by atoms with E-state index in [2.05, 4.69) is 53.8 Å². The van der Waals surface area contributed by atoms with Crippen molar-refractivity contribution in [3.8, 4) is 11.1 Å². The van der Waals surface area contributed by atoms with Gasteiger partial charge < -0.3 is 11.1 Å². The number of nitrogens with two attached hydrogens (primary N) is 1. The molecule has 2 aromatic carbocycles. The Morgan fingerprint density at radius 2 is 1.53 bits per heavy atom. The van der Waals surface area contributed by atoms with Gasteiger partial charge in [-0.2, -0.15) is 0 Å². The minimum Gasteiger partial charge on any atom is -0.383 e. The first-order valence-corrected chi connectivity index (χ1v) is 6.93. The fraction of sp³-hybridized carbons (Fsp3) is 0.294. The van der Waals surface area contributed by atoms with Gasteiger partial charge >= 0.3 is 0 Å². The SMILES string of the molecule is NC1(CNc2ccc(-c3ccccc3)cc2)CCC1. The Balaban J connectivity index is 1.66. The van der Waals surface area contributed by atoms with Crippen LogP contribution in [0.5, 0.6) is 0 Å². The summed E-state index contributed by atoms with van der Waals surface area (Å²) in [6, 6.07) is 19.0. The van der Waals surface area contributed by atoms with Crippen molar-refractivity contribution in [2.75, 3.05) is 11.9 Å². The third-order valence-corrected chi connectivity index (χ3v) is 3.99. The van der Waals surface area contributed by atoms with Gasteiger partial charge in [0.25, 0.3) is 0 Å². The van der Waals surface area contributed by atoms with Gasteiger partial charge in [0.15, 0.2) is 0 Å². The zero-order valence-corrected chi connectivity index (χ0v) is 11.1. The predicted molar refractivity (Wildman–Crippen MR) is 81.1 cm³/mol. The number of anilines is 1. The van der Waals surface area contributed by atoms with Crippen molar-refractivity contribution in [2.24, 2.45) is 5.73 Å². The number of nitrogens with one attached hydrogen (secondary N) is 1. The third-order valence-electron chi connectivity index (χ3n) is 3.99. The van der Waals surface area contributed by atoms with Crippen molar-refractivity contribution in [3.63, 3.8) is 0 Å². The fourth-order valence-electron chi connectivity index (χ4n) is 2.50. The number of hydrogen-bond acceptors (Lipinski definition) is 2. The summed E-state index contributed by atoms with van der Waals surface area (Å²) in [5.74, 6) is 0. The van der Waals surface area contributed by atoms with Gasteiger partial charge in [-0.15, -0.1) is 0 Å². The Bertz CT molecular complexity index is 527. The summed E-state index contributed by atoms with van der Waals surface area (Å²) in [4.78, 5) is 0. The van der Waals surface area contributed by atoms with Gasteiger partial charge in [0.2, 0.25) is 0 Å². The lowest BCUT2D eigenvalue weighted by Gasteiger charge is -2.38. The van der Waals surface area contributed by atoms with Crippen LogP contribution in [0.3, 0.4) is 0 Å². The highest BCUT2D eigenvalue weighted by Crippen LogP contribution is 2.29. The summed E-state index contributed by atoms with van der Waals surface area (Å²) in [5.41, 5.74) is 9.89. The molecule has 2 aromatic rings. The van der Waals surface area contributed by atoms with Gasteiger partial charge in [0, 0.05) is 17.8 Å². The van der Waals surface area contributed by atoms with E-state index < -0.39 is 0 Å². The summed E-state index contributed by atoms with van der Waals surface area (Å²) in [6.45, 7) is 0.873. The van der Waals surface area contributed by atoms with Gasteiger partial charge in [0.1, 0.15) is 0 Å². The zero-order chi connectivity index (χ0) is 13.1. The van der Waals surface area contributed by atoms with Gasteiger partial charge in [0.05, 0.1) is 0 Å². The molecule has 0 radical (unpaired) electrons. The first-order valence-electron chi connectivity index (χ1n) is 6.93. The Labute approximate surface area is 114 Å². The Kier molecular flexibility index (Phi) is 3.26. The molecule has 0 aliphatic heterocycles. The summed E-state index contributed by atoms with van der Waals surface area (Å²) in [7, 11) is 0. The van der Waals surface area contributed by atoms with E-state index in [0.29, 0.717) is 0 Å². The highest BCUT2D eigenvalue weighted by molar-refractivity contribution is 5.65. The minimum atomic E-state index is 0.0259. The molecule has 98 valence electrons. The second kappa shape index (κ2) is 5.06. The van der Waals surface area contributed by atoms with Crippen molar-refractivity contribution in [3.05, 3.63) is 54.6 Å². The average Bonchev–Trinajstić information content (AvgIpc) is 2.45. The molecule has 1 aliphatic carbocycles. The largest absolute Gasteiger partial charge is 0.383 e. The smallest absolute Gasteiger partial charge is 0.0341 e. The maximum Gasteiger partial charge on any atom is 0.0341 e. The van der Waals surface area contributed by atoms with E-state index in [-0.39, 0.29) is 5.54 Å². The summed E-state index contributed by atoms with van der Waals surface area (Å²) in [6.07, 6.45) is 3.55.